The van der Waals surface area contributed by atoms with Gasteiger partial charge in [-0.1, -0.05) is 6.07 Å². The molecule has 0 atom stereocenters. The highest BCUT2D eigenvalue weighted by Gasteiger charge is 2.03. The second kappa shape index (κ2) is 10.2. The molecule has 0 saturated carbocycles. The summed E-state index contributed by atoms with van der Waals surface area (Å²) in [5.74, 6) is 4.15. The smallest absolute Gasteiger partial charge is 0.144 e. The van der Waals surface area contributed by atoms with Gasteiger partial charge in [0.25, 0.3) is 0 Å². The summed E-state index contributed by atoms with van der Waals surface area (Å²) in [5, 5.41) is 0. The van der Waals surface area contributed by atoms with Gasteiger partial charge in [-0.2, -0.15) is 0 Å². The predicted octanol–water partition coefficient (Wildman–Crippen LogP) is 7.96. The van der Waals surface area contributed by atoms with E-state index in [0.29, 0.717) is 34.5 Å². The average Bonchev–Trinajstić information content (AvgIpc) is 3.58. The Labute approximate surface area is 196 Å². The molecule has 5 rings (SSSR count). The number of rotatable bonds is 8. The maximum absolute atomic E-state index is 5.97. The zero-order valence-corrected chi connectivity index (χ0v) is 18.1. The molecule has 6 nitrogen and oxygen atoms in total. The van der Waals surface area contributed by atoms with Crippen LogP contribution in [0.4, 0.5) is 11.4 Å². The molecule has 5 aromatic rings. The molecule has 166 valence electrons. The molecule has 6 heteroatoms. The van der Waals surface area contributed by atoms with Crippen molar-refractivity contribution in [3.8, 4) is 23.0 Å². The Morgan fingerprint density at radius 2 is 0.971 bits per heavy atom. The normalized spacial score (nSPS) is 11.3. The van der Waals surface area contributed by atoms with Crippen LogP contribution in [0.15, 0.2) is 128 Å². The number of benzene rings is 3. The summed E-state index contributed by atoms with van der Waals surface area (Å²) in [6.07, 6.45) is 6.58. The molecule has 3 aromatic carbocycles. The van der Waals surface area contributed by atoms with E-state index in [2.05, 4.69) is 9.98 Å². The Morgan fingerprint density at radius 1 is 0.500 bits per heavy atom. The zero-order valence-electron chi connectivity index (χ0n) is 18.1. The molecule has 0 N–H and O–H groups in total. The van der Waals surface area contributed by atoms with Crippen molar-refractivity contribution in [2.45, 2.75) is 0 Å². The van der Waals surface area contributed by atoms with Gasteiger partial charge in [0.1, 0.15) is 34.5 Å². The van der Waals surface area contributed by atoms with Crippen LogP contribution >= 0.6 is 0 Å². The Balaban J connectivity index is 1.20. The highest BCUT2D eigenvalue weighted by atomic mass is 16.5. The summed E-state index contributed by atoms with van der Waals surface area (Å²) in [4.78, 5) is 8.76. The van der Waals surface area contributed by atoms with Crippen molar-refractivity contribution < 1.29 is 18.3 Å². The number of furan rings is 2. The summed E-state index contributed by atoms with van der Waals surface area (Å²) in [6.45, 7) is 0. The number of aliphatic imine (C=N–C) groups is 2. The summed E-state index contributed by atoms with van der Waals surface area (Å²) in [7, 11) is 0. The lowest BCUT2D eigenvalue weighted by molar-refractivity contribution is 0.460. The molecule has 2 aromatic heterocycles. The zero-order chi connectivity index (χ0) is 23.0. The highest BCUT2D eigenvalue weighted by Crippen LogP contribution is 2.30. The minimum Gasteiger partial charge on any atom is -0.463 e. The molecule has 0 aliphatic rings. The minimum absolute atomic E-state index is 0.670. The number of hydrogen-bond donors (Lipinski definition) is 0. The third-order valence-corrected chi connectivity index (χ3v) is 4.72. The summed E-state index contributed by atoms with van der Waals surface area (Å²) in [6, 6.07) is 29.8. The number of hydrogen-bond acceptors (Lipinski definition) is 6. The Hall–Kier alpha value is -4.84. The van der Waals surface area contributed by atoms with E-state index in [-0.39, 0.29) is 0 Å². The van der Waals surface area contributed by atoms with Gasteiger partial charge in [0, 0.05) is 6.07 Å². The van der Waals surface area contributed by atoms with Gasteiger partial charge in [-0.3, -0.25) is 9.98 Å². The summed E-state index contributed by atoms with van der Waals surface area (Å²) in [5.41, 5.74) is 1.61. The SMILES string of the molecule is C(=Nc1ccc(Oc2cccc(Oc3ccc(N=Cc4ccco4)cc3)c2)cc1)c1ccco1. The van der Waals surface area contributed by atoms with Gasteiger partial charge < -0.3 is 18.3 Å². The monoisotopic (exact) mass is 448 g/mol. The van der Waals surface area contributed by atoms with E-state index >= 15 is 0 Å². The van der Waals surface area contributed by atoms with Crippen LogP contribution in [-0.2, 0) is 0 Å². The fourth-order valence-electron chi connectivity index (χ4n) is 3.08. The van der Waals surface area contributed by atoms with Crippen LogP contribution < -0.4 is 9.47 Å². The molecule has 0 aliphatic carbocycles. The Bertz CT molecular complexity index is 1260. The van der Waals surface area contributed by atoms with Gasteiger partial charge in [-0.25, -0.2) is 0 Å². The molecular weight excluding hydrogens is 428 g/mol. The van der Waals surface area contributed by atoms with Crippen molar-refractivity contribution in [3.05, 3.63) is 121 Å². The highest BCUT2D eigenvalue weighted by molar-refractivity contribution is 5.79. The molecule has 0 spiro atoms. The van der Waals surface area contributed by atoms with E-state index < -0.39 is 0 Å². The molecule has 2 heterocycles. The van der Waals surface area contributed by atoms with Gasteiger partial charge in [-0.05, 0) is 84.9 Å². The quantitative estimate of drug-likeness (QED) is 0.226. The van der Waals surface area contributed by atoms with Gasteiger partial charge in [0.05, 0.1) is 36.3 Å². The third-order valence-electron chi connectivity index (χ3n) is 4.72. The third kappa shape index (κ3) is 5.69. The first kappa shape index (κ1) is 21.0. The van der Waals surface area contributed by atoms with Crippen LogP contribution in [0.25, 0.3) is 0 Å². The maximum atomic E-state index is 5.97. The Morgan fingerprint density at radius 3 is 1.38 bits per heavy atom. The van der Waals surface area contributed by atoms with Crippen LogP contribution in [-0.4, -0.2) is 12.4 Å². The van der Waals surface area contributed by atoms with Crippen LogP contribution in [0.2, 0.25) is 0 Å². The molecule has 0 saturated heterocycles. The van der Waals surface area contributed by atoms with Crippen molar-refractivity contribution >= 4 is 23.8 Å². The summed E-state index contributed by atoms with van der Waals surface area (Å²) >= 11 is 0. The van der Waals surface area contributed by atoms with Crippen LogP contribution in [0.3, 0.4) is 0 Å². The second-order valence-corrected chi connectivity index (χ2v) is 7.21. The van der Waals surface area contributed by atoms with Crippen molar-refractivity contribution in [3.63, 3.8) is 0 Å². The fourth-order valence-corrected chi connectivity index (χ4v) is 3.08. The van der Waals surface area contributed by atoms with Gasteiger partial charge in [0.15, 0.2) is 0 Å². The van der Waals surface area contributed by atoms with E-state index in [1.54, 1.807) is 25.0 Å². The molecule has 0 fully saturated rings. The van der Waals surface area contributed by atoms with Crippen LogP contribution in [0.1, 0.15) is 11.5 Å². The van der Waals surface area contributed by atoms with E-state index in [9.17, 15) is 0 Å². The minimum atomic E-state index is 0.670. The van der Waals surface area contributed by atoms with E-state index in [0.717, 1.165) is 11.4 Å². The summed E-state index contributed by atoms with van der Waals surface area (Å²) < 4.78 is 22.4. The lowest BCUT2D eigenvalue weighted by Gasteiger charge is -2.09. The molecule has 0 unspecified atom stereocenters. The lowest BCUT2D eigenvalue weighted by Crippen LogP contribution is -1.87. The first-order chi connectivity index (χ1) is 16.8. The Kier molecular flexibility index (Phi) is 6.30. The lowest BCUT2D eigenvalue weighted by atomic mass is 10.3. The van der Waals surface area contributed by atoms with Crippen LogP contribution in [0, 0.1) is 0 Å². The number of nitrogens with zero attached hydrogens (tertiary/aromatic N) is 2. The molecular formula is C28H20N2O4. The first-order valence-corrected chi connectivity index (χ1v) is 10.6. The van der Waals surface area contributed by atoms with Crippen molar-refractivity contribution in [1.29, 1.82) is 0 Å². The van der Waals surface area contributed by atoms with E-state index in [1.165, 1.54) is 0 Å². The maximum Gasteiger partial charge on any atom is 0.144 e. The predicted molar refractivity (Wildman–Crippen MR) is 131 cm³/mol. The van der Waals surface area contributed by atoms with Gasteiger partial charge in [-0.15, -0.1) is 0 Å². The van der Waals surface area contributed by atoms with Crippen LogP contribution in [0.5, 0.6) is 23.0 Å². The van der Waals surface area contributed by atoms with Gasteiger partial charge >= 0.3 is 0 Å². The average molecular weight is 448 g/mol. The van der Waals surface area contributed by atoms with Gasteiger partial charge in [0.2, 0.25) is 0 Å². The standard InChI is InChI=1S/C28H20N2O4/c1-4-25(33-23-12-8-21(9-13-23)29-19-27-6-2-16-31-27)18-26(5-1)34-24-14-10-22(11-15-24)30-20-28-7-3-17-32-28/h1-20H. The molecule has 0 radical (unpaired) electrons. The molecule has 34 heavy (non-hydrogen) atoms. The largest absolute Gasteiger partial charge is 0.463 e. The van der Waals surface area contributed by atoms with E-state index in [1.807, 2.05) is 97.1 Å². The van der Waals surface area contributed by atoms with E-state index in [4.69, 9.17) is 18.3 Å². The molecule has 0 bridgehead atoms. The molecule has 0 amide bonds. The fraction of sp³-hybridized carbons (Fsp3) is 0. The first-order valence-electron chi connectivity index (χ1n) is 10.6. The number of ether oxygens (including phenoxy) is 2. The topological polar surface area (TPSA) is 69.5 Å². The molecule has 0 aliphatic heterocycles. The van der Waals surface area contributed by atoms with Crippen molar-refractivity contribution in [2.75, 3.05) is 0 Å². The second-order valence-electron chi connectivity index (χ2n) is 7.21. The van der Waals surface area contributed by atoms with Crippen molar-refractivity contribution in [1.82, 2.24) is 0 Å². The van der Waals surface area contributed by atoms with Crippen molar-refractivity contribution in [2.24, 2.45) is 9.98 Å².